The molecule has 0 heterocycles. The number of halogens is 2. The van der Waals surface area contributed by atoms with Crippen molar-refractivity contribution in [1.82, 2.24) is 0 Å². The third kappa shape index (κ3) is 2.79. The summed E-state index contributed by atoms with van der Waals surface area (Å²) < 4.78 is 37.2. The second-order valence-electron chi connectivity index (χ2n) is 4.19. The Morgan fingerprint density at radius 1 is 1.05 bits per heavy atom. The molecule has 2 aromatic carbocycles. The van der Waals surface area contributed by atoms with E-state index in [9.17, 15) is 13.6 Å². The molecule has 0 fully saturated rings. The van der Waals surface area contributed by atoms with Gasteiger partial charge in [0, 0.05) is 17.2 Å². The normalized spacial score (nSPS) is 10.3. The van der Waals surface area contributed by atoms with Gasteiger partial charge in [0.1, 0.15) is 11.6 Å². The van der Waals surface area contributed by atoms with Crippen LogP contribution in [0.1, 0.15) is 10.4 Å². The first-order valence-electron chi connectivity index (χ1n) is 5.92. The molecule has 0 atom stereocenters. The number of methoxy groups -OCH3 is 2. The third-order valence-electron chi connectivity index (χ3n) is 2.95. The van der Waals surface area contributed by atoms with E-state index in [0.29, 0.717) is 6.07 Å². The van der Waals surface area contributed by atoms with Gasteiger partial charge in [-0.3, -0.25) is 0 Å². The molecular weight excluding hydrogens is 282 g/mol. The average Bonchev–Trinajstić information content (AvgIpc) is 2.45. The summed E-state index contributed by atoms with van der Waals surface area (Å²) in [5.74, 6) is -2.42. The molecule has 110 valence electrons. The highest BCUT2D eigenvalue weighted by molar-refractivity contribution is 5.92. The van der Waals surface area contributed by atoms with Crippen LogP contribution in [0.3, 0.4) is 0 Å². The monoisotopic (exact) mass is 294 g/mol. The molecule has 0 saturated carbocycles. The van der Waals surface area contributed by atoms with E-state index in [1.807, 2.05) is 0 Å². The predicted octanol–water partition coefficient (Wildman–Crippen LogP) is 3.35. The smallest absolute Gasteiger partial charge is 0.335 e. The van der Waals surface area contributed by atoms with Gasteiger partial charge in [-0.05, 0) is 24.3 Å². The summed E-state index contributed by atoms with van der Waals surface area (Å²) in [6, 6.07) is 5.53. The summed E-state index contributed by atoms with van der Waals surface area (Å²) in [5.41, 5.74) is 0.104. The Morgan fingerprint density at radius 3 is 2.29 bits per heavy atom. The summed E-state index contributed by atoms with van der Waals surface area (Å²) in [4.78, 5) is 11.1. The summed E-state index contributed by atoms with van der Waals surface area (Å²) in [5, 5.41) is 9.10. The topological polar surface area (TPSA) is 55.8 Å². The molecule has 0 aliphatic carbocycles. The van der Waals surface area contributed by atoms with Gasteiger partial charge in [-0.15, -0.1) is 0 Å². The number of carboxylic acids is 1. The summed E-state index contributed by atoms with van der Waals surface area (Å²) in [7, 11) is 2.69. The number of rotatable bonds is 4. The van der Waals surface area contributed by atoms with E-state index in [1.165, 1.54) is 32.4 Å². The molecule has 0 aliphatic rings. The Morgan fingerprint density at radius 2 is 1.76 bits per heavy atom. The van der Waals surface area contributed by atoms with Gasteiger partial charge in [-0.25, -0.2) is 13.6 Å². The fourth-order valence-corrected chi connectivity index (χ4v) is 2.00. The van der Waals surface area contributed by atoms with E-state index in [-0.39, 0.29) is 28.2 Å². The zero-order chi connectivity index (χ0) is 15.6. The van der Waals surface area contributed by atoms with Crippen LogP contribution < -0.4 is 9.47 Å². The first-order chi connectivity index (χ1) is 9.97. The van der Waals surface area contributed by atoms with Crippen molar-refractivity contribution in [3.05, 3.63) is 47.5 Å². The van der Waals surface area contributed by atoms with Gasteiger partial charge < -0.3 is 14.6 Å². The van der Waals surface area contributed by atoms with Crippen LogP contribution in [-0.4, -0.2) is 25.3 Å². The SMILES string of the molecule is COc1cc(C(=O)O)cc(-c2ccc(F)cc2F)c1OC. The van der Waals surface area contributed by atoms with E-state index in [0.717, 1.165) is 6.07 Å². The van der Waals surface area contributed by atoms with Crippen molar-refractivity contribution in [2.45, 2.75) is 0 Å². The van der Waals surface area contributed by atoms with Crippen molar-refractivity contribution in [3.63, 3.8) is 0 Å². The molecule has 2 rings (SSSR count). The van der Waals surface area contributed by atoms with Gasteiger partial charge in [-0.1, -0.05) is 0 Å². The van der Waals surface area contributed by atoms with Crippen molar-refractivity contribution in [2.75, 3.05) is 14.2 Å². The lowest BCUT2D eigenvalue weighted by Crippen LogP contribution is -2.01. The Labute approximate surface area is 119 Å². The molecule has 6 heteroatoms. The first-order valence-corrected chi connectivity index (χ1v) is 5.92. The van der Waals surface area contributed by atoms with E-state index in [2.05, 4.69) is 0 Å². The van der Waals surface area contributed by atoms with E-state index >= 15 is 0 Å². The molecule has 0 saturated heterocycles. The number of aromatic carboxylic acids is 1. The maximum Gasteiger partial charge on any atom is 0.335 e. The Bertz CT molecular complexity index is 698. The van der Waals surface area contributed by atoms with Gasteiger partial charge in [0.15, 0.2) is 11.5 Å². The summed E-state index contributed by atoms with van der Waals surface area (Å²) in [6.07, 6.45) is 0. The van der Waals surface area contributed by atoms with Crippen molar-refractivity contribution >= 4 is 5.97 Å². The minimum absolute atomic E-state index is 0.0228. The number of benzene rings is 2. The number of carbonyl (C=O) groups is 1. The molecular formula is C15H12F2O4. The van der Waals surface area contributed by atoms with E-state index < -0.39 is 17.6 Å². The highest BCUT2D eigenvalue weighted by atomic mass is 19.1. The minimum Gasteiger partial charge on any atom is -0.493 e. The van der Waals surface area contributed by atoms with E-state index in [4.69, 9.17) is 14.6 Å². The molecule has 2 aromatic rings. The summed E-state index contributed by atoms with van der Waals surface area (Å²) >= 11 is 0. The van der Waals surface area contributed by atoms with Crippen LogP contribution in [0.15, 0.2) is 30.3 Å². The molecule has 1 N–H and O–H groups in total. The largest absolute Gasteiger partial charge is 0.493 e. The summed E-state index contributed by atoms with van der Waals surface area (Å²) in [6.45, 7) is 0. The van der Waals surface area contributed by atoms with Gasteiger partial charge in [0.25, 0.3) is 0 Å². The zero-order valence-electron chi connectivity index (χ0n) is 11.3. The van der Waals surface area contributed by atoms with Crippen molar-refractivity contribution in [3.8, 4) is 22.6 Å². The van der Waals surface area contributed by atoms with Crippen LogP contribution in [0.4, 0.5) is 8.78 Å². The Balaban J connectivity index is 2.76. The molecule has 0 amide bonds. The molecule has 0 unspecified atom stereocenters. The van der Waals surface area contributed by atoms with Gasteiger partial charge in [-0.2, -0.15) is 0 Å². The standard InChI is InChI=1S/C15H12F2O4/c1-20-13-6-8(15(18)19)5-11(14(13)21-2)10-4-3-9(16)7-12(10)17/h3-7H,1-2H3,(H,18,19). The van der Waals surface area contributed by atoms with Gasteiger partial charge >= 0.3 is 5.97 Å². The number of hydrogen-bond acceptors (Lipinski definition) is 3. The molecule has 0 spiro atoms. The average molecular weight is 294 g/mol. The Hall–Kier alpha value is -2.63. The van der Waals surface area contributed by atoms with Crippen molar-refractivity contribution in [2.24, 2.45) is 0 Å². The molecule has 0 bridgehead atoms. The lowest BCUT2D eigenvalue weighted by atomic mass is 10.0. The predicted molar refractivity (Wildman–Crippen MR) is 71.9 cm³/mol. The number of ether oxygens (including phenoxy) is 2. The van der Waals surface area contributed by atoms with Crippen molar-refractivity contribution < 1.29 is 28.2 Å². The number of carboxylic acid groups (broad SMARTS) is 1. The molecule has 0 aromatic heterocycles. The zero-order valence-corrected chi connectivity index (χ0v) is 11.3. The van der Waals surface area contributed by atoms with Gasteiger partial charge in [0.05, 0.1) is 19.8 Å². The van der Waals surface area contributed by atoms with Gasteiger partial charge in [0.2, 0.25) is 0 Å². The van der Waals surface area contributed by atoms with Crippen molar-refractivity contribution in [1.29, 1.82) is 0 Å². The minimum atomic E-state index is -1.19. The third-order valence-corrected chi connectivity index (χ3v) is 2.95. The second-order valence-corrected chi connectivity index (χ2v) is 4.19. The van der Waals surface area contributed by atoms with Crippen LogP contribution in [-0.2, 0) is 0 Å². The second kappa shape index (κ2) is 5.78. The van der Waals surface area contributed by atoms with E-state index in [1.54, 1.807) is 0 Å². The molecule has 0 aliphatic heterocycles. The highest BCUT2D eigenvalue weighted by Gasteiger charge is 2.19. The highest BCUT2D eigenvalue weighted by Crippen LogP contribution is 2.40. The maximum atomic E-state index is 13.9. The maximum absolute atomic E-state index is 13.9. The fraction of sp³-hybridized carbons (Fsp3) is 0.133. The lowest BCUT2D eigenvalue weighted by Gasteiger charge is -2.14. The lowest BCUT2D eigenvalue weighted by molar-refractivity contribution is 0.0696. The number of hydrogen-bond donors (Lipinski definition) is 1. The van der Waals surface area contributed by atoms with Crippen LogP contribution in [0.25, 0.3) is 11.1 Å². The first kappa shape index (κ1) is 14.8. The fourth-order valence-electron chi connectivity index (χ4n) is 2.00. The Kier molecular flexibility index (Phi) is 4.07. The molecule has 21 heavy (non-hydrogen) atoms. The van der Waals surface area contributed by atoms with Crippen LogP contribution in [0.5, 0.6) is 11.5 Å². The molecule has 0 radical (unpaired) electrons. The van der Waals surface area contributed by atoms with Crippen LogP contribution in [0, 0.1) is 11.6 Å². The van der Waals surface area contributed by atoms with Crippen LogP contribution in [0.2, 0.25) is 0 Å². The molecule has 4 nitrogen and oxygen atoms in total. The quantitative estimate of drug-likeness (QED) is 0.939. The van der Waals surface area contributed by atoms with Crippen LogP contribution >= 0.6 is 0 Å².